The lowest BCUT2D eigenvalue weighted by atomic mass is 10.2. The van der Waals surface area contributed by atoms with Gasteiger partial charge in [-0.2, -0.15) is 5.10 Å². The Kier molecular flexibility index (Phi) is 2.06. The van der Waals surface area contributed by atoms with E-state index in [1.165, 1.54) is 0 Å². The van der Waals surface area contributed by atoms with Crippen molar-refractivity contribution in [2.45, 2.75) is 0 Å². The van der Waals surface area contributed by atoms with Gasteiger partial charge in [-0.15, -0.1) is 0 Å². The van der Waals surface area contributed by atoms with Gasteiger partial charge in [0.05, 0.1) is 5.69 Å². The van der Waals surface area contributed by atoms with E-state index in [2.05, 4.69) is 21.8 Å². The molecule has 0 saturated carbocycles. The summed E-state index contributed by atoms with van der Waals surface area (Å²) in [6, 6.07) is 0. The third kappa shape index (κ3) is 1.29. The van der Waals surface area contributed by atoms with Crippen LogP contribution in [0.2, 0.25) is 0 Å². The third-order valence-electron chi connectivity index (χ3n) is 1.33. The highest BCUT2D eigenvalue weighted by Gasteiger charge is 2.03. The quantitative estimate of drug-likeness (QED) is 0.609. The highest BCUT2D eigenvalue weighted by atomic mass is 15.2. The number of nitrogen functional groups attached to an aromatic ring is 1. The molecule has 0 aliphatic heterocycles. The topological polar surface area (TPSA) is 67.1 Å². The summed E-state index contributed by atoms with van der Waals surface area (Å²) in [5.41, 5.74) is 7.10. The Labute approximate surface area is 64.8 Å². The first-order valence-corrected chi connectivity index (χ1v) is 3.18. The van der Waals surface area contributed by atoms with E-state index in [0.29, 0.717) is 5.82 Å². The van der Waals surface area contributed by atoms with E-state index in [-0.39, 0.29) is 0 Å². The maximum absolute atomic E-state index is 5.51. The number of H-pyrrole nitrogens is 1. The van der Waals surface area contributed by atoms with Crippen molar-refractivity contribution in [3.8, 4) is 0 Å². The Morgan fingerprint density at radius 3 is 3.00 bits per heavy atom. The van der Waals surface area contributed by atoms with Crippen LogP contribution in [0.25, 0.3) is 6.08 Å². The average Bonchev–Trinajstić information content (AvgIpc) is 2.33. The molecular formula is C7H10N4. The molecule has 0 radical (unpaired) electrons. The van der Waals surface area contributed by atoms with Crippen LogP contribution in [0.3, 0.4) is 0 Å². The van der Waals surface area contributed by atoms with Gasteiger partial charge in [-0.05, 0) is 0 Å². The summed E-state index contributed by atoms with van der Waals surface area (Å²) >= 11 is 0. The highest BCUT2D eigenvalue weighted by Crippen LogP contribution is 2.11. The summed E-state index contributed by atoms with van der Waals surface area (Å²) in [7, 11) is 1.68. The van der Waals surface area contributed by atoms with Gasteiger partial charge in [-0.3, -0.25) is 10.1 Å². The van der Waals surface area contributed by atoms with Gasteiger partial charge in [-0.25, -0.2) is 0 Å². The van der Waals surface area contributed by atoms with E-state index in [4.69, 9.17) is 5.73 Å². The van der Waals surface area contributed by atoms with Crippen LogP contribution in [-0.4, -0.2) is 23.5 Å². The van der Waals surface area contributed by atoms with Gasteiger partial charge >= 0.3 is 0 Å². The lowest BCUT2D eigenvalue weighted by molar-refractivity contribution is 1.09. The van der Waals surface area contributed by atoms with Crippen LogP contribution in [0, 0.1) is 0 Å². The molecule has 0 spiro atoms. The van der Waals surface area contributed by atoms with Crippen molar-refractivity contribution in [3.05, 3.63) is 17.8 Å². The first-order valence-electron chi connectivity index (χ1n) is 3.18. The second kappa shape index (κ2) is 3.01. The van der Waals surface area contributed by atoms with Gasteiger partial charge in [0, 0.05) is 18.8 Å². The molecule has 0 bridgehead atoms. The molecule has 1 heterocycles. The second-order valence-corrected chi connectivity index (χ2v) is 2.03. The van der Waals surface area contributed by atoms with Crippen LogP contribution < -0.4 is 5.73 Å². The lowest BCUT2D eigenvalue weighted by Crippen LogP contribution is -1.87. The molecule has 0 amide bonds. The zero-order chi connectivity index (χ0) is 8.27. The maximum atomic E-state index is 5.51. The summed E-state index contributed by atoms with van der Waals surface area (Å²) < 4.78 is 0. The molecule has 0 saturated heterocycles. The molecule has 4 heteroatoms. The summed E-state index contributed by atoms with van der Waals surface area (Å²) in [4.78, 5) is 3.83. The van der Waals surface area contributed by atoms with Gasteiger partial charge in [0.1, 0.15) is 0 Å². The summed E-state index contributed by atoms with van der Waals surface area (Å²) in [6.45, 7) is 3.61. The van der Waals surface area contributed by atoms with Gasteiger partial charge in [0.2, 0.25) is 0 Å². The molecule has 1 rings (SSSR count). The number of hydrogen-bond acceptors (Lipinski definition) is 3. The molecular weight excluding hydrogens is 140 g/mol. The van der Waals surface area contributed by atoms with E-state index < -0.39 is 0 Å². The number of rotatable bonds is 2. The number of anilines is 1. The van der Waals surface area contributed by atoms with Gasteiger partial charge in [-0.1, -0.05) is 12.7 Å². The third-order valence-corrected chi connectivity index (χ3v) is 1.33. The van der Waals surface area contributed by atoms with E-state index in [9.17, 15) is 0 Å². The molecule has 1 aromatic rings. The van der Waals surface area contributed by atoms with Crippen molar-refractivity contribution in [1.82, 2.24) is 10.2 Å². The first kappa shape index (κ1) is 7.53. The fourth-order valence-corrected chi connectivity index (χ4v) is 0.821. The molecule has 0 aliphatic carbocycles. The van der Waals surface area contributed by atoms with Crippen LogP contribution >= 0.6 is 0 Å². The van der Waals surface area contributed by atoms with Crippen LogP contribution in [0.4, 0.5) is 5.82 Å². The number of hydrogen-bond donors (Lipinski definition) is 2. The zero-order valence-corrected chi connectivity index (χ0v) is 6.33. The molecule has 58 valence electrons. The van der Waals surface area contributed by atoms with Crippen molar-refractivity contribution < 1.29 is 0 Å². The summed E-state index contributed by atoms with van der Waals surface area (Å²) in [5.74, 6) is 0.454. The molecule has 0 atom stereocenters. The highest BCUT2D eigenvalue weighted by molar-refractivity contribution is 5.85. The Bertz CT molecular complexity index is 285. The van der Waals surface area contributed by atoms with Gasteiger partial charge in [0.15, 0.2) is 5.82 Å². The van der Waals surface area contributed by atoms with Crippen molar-refractivity contribution in [3.63, 3.8) is 0 Å². The van der Waals surface area contributed by atoms with Crippen molar-refractivity contribution in [2.75, 3.05) is 12.8 Å². The van der Waals surface area contributed by atoms with Gasteiger partial charge in [0.25, 0.3) is 0 Å². The lowest BCUT2D eigenvalue weighted by Gasteiger charge is -1.88. The largest absolute Gasteiger partial charge is 0.382 e. The maximum Gasteiger partial charge on any atom is 0.153 e. The molecule has 0 aromatic carbocycles. The Morgan fingerprint density at radius 1 is 1.73 bits per heavy atom. The molecule has 1 aromatic heterocycles. The predicted octanol–water partition coefficient (Wildman–Crippen LogP) is 0.684. The number of aliphatic imine (C=N–C) groups is 1. The fourth-order valence-electron chi connectivity index (χ4n) is 0.821. The zero-order valence-electron chi connectivity index (χ0n) is 6.33. The van der Waals surface area contributed by atoms with Crippen molar-refractivity contribution in [2.24, 2.45) is 4.99 Å². The Hall–Kier alpha value is -1.58. The number of nitrogens with one attached hydrogen (secondary N) is 1. The number of nitrogens with two attached hydrogens (primary N) is 1. The predicted molar refractivity (Wildman–Crippen MR) is 46.6 cm³/mol. The molecule has 0 unspecified atom stereocenters. The van der Waals surface area contributed by atoms with E-state index >= 15 is 0 Å². The molecule has 0 fully saturated rings. The smallest absolute Gasteiger partial charge is 0.153 e. The van der Waals surface area contributed by atoms with Crippen LogP contribution in [-0.2, 0) is 0 Å². The Balaban J connectivity index is 3.15. The minimum absolute atomic E-state index is 0.454. The standard InChI is InChI=1S/C7H10N4/c1-3-5-6(4-9-2)10-11-7(5)8/h3-4H,1H2,2H3,(H3,8,10,11). The van der Waals surface area contributed by atoms with E-state index in [0.717, 1.165) is 11.3 Å². The number of aromatic nitrogens is 2. The molecule has 11 heavy (non-hydrogen) atoms. The normalized spacial score (nSPS) is 10.6. The first-order chi connectivity index (χ1) is 5.29. The number of aromatic amines is 1. The monoisotopic (exact) mass is 150 g/mol. The number of nitrogens with zero attached hydrogens (tertiary/aromatic N) is 2. The van der Waals surface area contributed by atoms with Crippen LogP contribution in [0.5, 0.6) is 0 Å². The van der Waals surface area contributed by atoms with Gasteiger partial charge < -0.3 is 5.73 Å². The fraction of sp³-hybridized carbons (Fsp3) is 0.143. The van der Waals surface area contributed by atoms with E-state index in [1.54, 1.807) is 19.3 Å². The molecule has 0 aliphatic rings. The van der Waals surface area contributed by atoms with Crippen molar-refractivity contribution in [1.29, 1.82) is 0 Å². The molecule has 3 N–H and O–H groups in total. The van der Waals surface area contributed by atoms with Crippen LogP contribution in [0.15, 0.2) is 11.6 Å². The summed E-state index contributed by atoms with van der Waals surface area (Å²) in [6.07, 6.45) is 3.30. The molecule has 4 nitrogen and oxygen atoms in total. The second-order valence-electron chi connectivity index (χ2n) is 2.03. The SMILES string of the molecule is C=Cc1c(N)n[nH]c1C=NC. The van der Waals surface area contributed by atoms with Crippen LogP contribution in [0.1, 0.15) is 11.3 Å². The van der Waals surface area contributed by atoms with Crippen molar-refractivity contribution >= 4 is 18.1 Å². The minimum Gasteiger partial charge on any atom is -0.382 e. The average molecular weight is 150 g/mol. The Morgan fingerprint density at radius 2 is 2.45 bits per heavy atom. The minimum atomic E-state index is 0.454. The summed E-state index contributed by atoms with van der Waals surface area (Å²) in [5, 5.41) is 6.53. The van der Waals surface area contributed by atoms with E-state index in [1.807, 2.05) is 0 Å².